The van der Waals surface area contributed by atoms with Crippen LogP contribution in [0.4, 0.5) is 5.69 Å². The van der Waals surface area contributed by atoms with Gasteiger partial charge < -0.3 is 10.1 Å². The van der Waals surface area contributed by atoms with E-state index < -0.39 is 5.92 Å². The van der Waals surface area contributed by atoms with Crippen LogP contribution in [0.3, 0.4) is 0 Å². The number of hydrogen-bond acceptors (Lipinski definition) is 5. The second-order valence-corrected chi connectivity index (χ2v) is 5.23. The Hall–Kier alpha value is -3.22. The predicted octanol–water partition coefficient (Wildman–Crippen LogP) is 2.17. The molecule has 3 rings (SSSR count). The predicted molar refractivity (Wildman–Crippen MR) is 88.7 cm³/mol. The van der Waals surface area contributed by atoms with E-state index >= 15 is 0 Å². The summed E-state index contributed by atoms with van der Waals surface area (Å²) in [5.41, 5.74) is 1.67. The molecule has 3 aromatic rings. The number of carbonyl (C=O) groups excluding carboxylic acids is 1. The van der Waals surface area contributed by atoms with E-state index in [0.717, 1.165) is 17.0 Å². The molecule has 2 aromatic carbocycles. The number of benzene rings is 2. The van der Waals surface area contributed by atoms with Gasteiger partial charge in [-0.25, -0.2) is 0 Å². The molecule has 2 N–H and O–H groups in total. The second-order valence-electron chi connectivity index (χ2n) is 5.23. The quantitative estimate of drug-likeness (QED) is 0.725. The molecule has 0 bridgehead atoms. The number of para-hydroxylation sites is 1. The number of carbonyl (C=O) groups is 1. The summed E-state index contributed by atoms with van der Waals surface area (Å²) in [4.78, 5) is 12.7. The zero-order valence-corrected chi connectivity index (χ0v) is 13.1. The molecule has 0 fully saturated rings. The maximum Gasteiger partial charge on any atom is 0.235 e. The zero-order chi connectivity index (χ0) is 16.8. The molecule has 1 amide bonds. The highest BCUT2D eigenvalue weighted by atomic mass is 16.5. The number of aromatic nitrogens is 4. The van der Waals surface area contributed by atoms with E-state index in [2.05, 4.69) is 25.9 Å². The van der Waals surface area contributed by atoms with Crippen LogP contribution in [0.15, 0.2) is 54.6 Å². The van der Waals surface area contributed by atoms with Crippen LogP contribution in [0.2, 0.25) is 0 Å². The number of methoxy groups -OCH3 is 1. The fourth-order valence-electron chi connectivity index (χ4n) is 2.40. The van der Waals surface area contributed by atoms with E-state index in [-0.39, 0.29) is 5.91 Å². The van der Waals surface area contributed by atoms with Gasteiger partial charge in [-0.1, -0.05) is 35.5 Å². The summed E-state index contributed by atoms with van der Waals surface area (Å²) < 4.78 is 5.23. The number of amides is 1. The highest BCUT2D eigenvalue weighted by Crippen LogP contribution is 2.22. The number of ether oxygens (including phenoxy) is 1. The van der Waals surface area contributed by atoms with Gasteiger partial charge in [0.1, 0.15) is 11.7 Å². The van der Waals surface area contributed by atoms with Crippen LogP contribution < -0.4 is 10.1 Å². The van der Waals surface area contributed by atoms with E-state index in [4.69, 9.17) is 4.74 Å². The standard InChI is InChI=1S/C17H17N5O2/c1-24-14-9-5-6-12(10-14)11-15(16-19-21-22-20-16)17(23)18-13-7-3-2-4-8-13/h2-10,15H,11H2,1H3,(H,18,23)(H,19,20,21,22)/t15-/m0/s1. The van der Waals surface area contributed by atoms with E-state index in [1.807, 2.05) is 54.6 Å². The summed E-state index contributed by atoms with van der Waals surface area (Å²) in [5.74, 6) is 0.343. The molecule has 1 atom stereocenters. The summed E-state index contributed by atoms with van der Waals surface area (Å²) in [6, 6.07) is 16.8. The first kappa shape index (κ1) is 15.7. The lowest BCUT2D eigenvalue weighted by molar-refractivity contribution is -0.117. The molecule has 0 spiro atoms. The van der Waals surface area contributed by atoms with Crippen LogP contribution in [0, 0.1) is 0 Å². The average Bonchev–Trinajstić information content (AvgIpc) is 3.15. The Labute approximate surface area is 139 Å². The lowest BCUT2D eigenvalue weighted by atomic mass is 9.97. The van der Waals surface area contributed by atoms with Gasteiger partial charge >= 0.3 is 0 Å². The van der Waals surface area contributed by atoms with Crippen molar-refractivity contribution < 1.29 is 9.53 Å². The summed E-state index contributed by atoms with van der Waals surface area (Å²) in [6.45, 7) is 0. The summed E-state index contributed by atoms with van der Waals surface area (Å²) in [6.07, 6.45) is 0.440. The highest BCUT2D eigenvalue weighted by Gasteiger charge is 2.25. The molecule has 1 aromatic heterocycles. The van der Waals surface area contributed by atoms with Crippen molar-refractivity contribution in [3.05, 3.63) is 66.0 Å². The number of anilines is 1. The van der Waals surface area contributed by atoms with E-state index in [0.29, 0.717) is 12.2 Å². The minimum Gasteiger partial charge on any atom is -0.497 e. The van der Waals surface area contributed by atoms with Crippen molar-refractivity contribution in [3.8, 4) is 5.75 Å². The summed E-state index contributed by atoms with van der Waals surface area (Å²) in [5, 5.41) is 16.8. The van der Waals surface area contributed by atoms with Crippen LogP contribution >= 0.6 is 0 Å². The Kier molecular flexibility index (Phi) is 4.81. The molecule has 122 valence electrons. The number of H-pyrrole nitrogens is 1. The molecule has 0 aliphatic heterocycles. The molecule has 24 heavy (non-hydrogen) atoms. The SMILES string of the molecule is COc1cccc(C[C@H](C(=O)Nc2ccccc2)c2nn[nH]n2)c1. The summed E-state index contributed by atoms with van der Waals surface area (Å²) >= 11 is 0. The molecule has 1 heterocycles. The fourth-order valence-corrected chi connectivity index (χ4v) is 2.40. The number of hydrogen-bond donors (Lipinski definition) is 2. The third-order valence-corrected chi connectivity index (χ3v) is 3.61. The summed E-state index contributed by atoms with van der Waals surface area (Å²) in [7, 11) is 1.61. The van der Waals surface area contributed by atoms with Crippen LogP contribution in [0.1, 0.15) is 17.3 Å². The molecule has 0 aliphatic rings. The second kappa shape index (κ2) is 7.36. The third kappa shape index (κ3) is 3.75. The Balaban J connectivity index is 1.82. The van der Waals surface area contributed by atoms with E-state index in [1.165, 1.54) is 0 Å². The van der Waals surface area contributed by atoms with Gasteiger partial charge in [-0.05, 0) is 36.2 Å². The smallest absolute Gasteiger partial charge is 0.235 e. The molecule has 0 saturated carbocycles. The molecule has 7 heteroatoms. The van der Waals surface area contributed by atoms with E-state index in [1.54, 1.807) is 7.11 Å². The van der Waals surface area contributed by atoms with Crippen LogP contribution in [0.25, 0.3) is 0 Å². The highest BCUT2D eigenvalue weighted by molar-refractivity contribution is 5.95. The van der Waals surface area contributed by atoms with Gasteiger partial charge in [0.15, 0.2) is 5.82 Å². The maximum atomic E-state index is 12.7. The Morgan fingerprint density at radius 1 is 1.21 bits per heavy atom. The van der Waals surface area contributed by atoms with Gasteiger partial charge in [-0.15, -0.1) is 10.2 Å². The number of tetrazole rings is 1. The molecule has 0 aliphatic carbocycles. The van der Waals surface area contributed by atoms with Crippen LogP contribution in [0.5, 0.6) is 5.75 Å². The van der Waals surface area contributed by atoms with Gasteiger partial charge in [-0.2, -0.15) is 5.21 Å². The van der Waals surface area contributed by atoms with Gasteiger partial charge in [0.25, 0.3) is 0 Å². The van der Waals surface area contributed by atoms with Gasteiger partial charge in [0.2, 0.25) is 5.91 Å². The molecular formula is C17H17N5O2. The largest absolute Gasteiger partial charge is 0.497 e. The molecule has 0 unspecified atom stereocenters. The minimum absolute atomic E-state index is 0.189. The first-order valence-electron chi connectivity index (χ1n) is 7.48. The van der Waals surface area contributed by atoms with Crippen LogP contribution in [-0.2, 0) is 11.2 Å². The lowest BCUT2D eigenvalue weighted by Gasteiger charge is -2.14. The van der Waals surface area contributed by atoms with Gasteiger partial charge in [0, 0.05) is 5.69 Å². The van der Waals surface area contributed by atoms with E-state index in [9.17, 15) is 4.79 Å². The zero-order valence-electron chi connectivity index (χ0n) is 13.1. The lowest BCUT2D eigenvalue weighted by Crippen LogP contribution is -2.24. The molecule has 0 saturated heterocycles. The minimum atomic E-state index is -0.559. The van der Waals surface area contributed by atoms with Gasteiger partial charge in [0.05, 0.1) is 7.11 Å². The Bertz CT molecular complexity index is 790. The number of aromatic amines is 1. The normalized spacial score (nSPS) is 11.7. The number of rotatable bonds is 6. The fraction of sp³-hybridized carbons (Fsp3) is 0.176. The Morgan fingerprint density at radius 3 is 2.75 bits per heavy atom. The average molecular weight is 323 g/mol. The van der Waals surface area contributed by atoms with Crippen molar-refractivity contribution in [3.63, 3.8) is 0 Å². The van der Waals surface area contributed by atoms with Crippen molar-refractivity contribution in [2.45, 2.75) is 12.3 Å². The van der Waals surface area contributed by atoms with Gasteiger partial charge in [-0.3, -0.25) is 4.79 Å². The molecule has 0 radical (unpaired) electrons. The van der Waals surface area contributed by atoms with Crippen molar-refractivity contribution in [2.75, 3.05) is 12.4 Å². The van der Waals surface area contributed by atoms with Crippen LogP contribution in [-0.4, -0.2) is 33.6 Å². The topological polar surface area (TPSA) is 92.8 Å². The van der Waals surface area contributed by atoms with Crippen molar-refractivity contribution in [2.24, 2.45) is 0 Å². The Morgan fingerprint density at radius 2 is 2.04 bits per heavy atom. The number of nitrogens with one attached hydrogen (secondary N) is 2. The monoisotopic (exact) mass is 323 g/mol. The third-order valence-electron chi connectivity index (χ3n) is 3.61. The number of nitrogens with zero attached hydrogens (tertiary/aromatic N) is 3. The molecular weight excluding hydrogens is 306 g/mol. The van der Waals surface area contributed by atoms with Crippen molar-refractivity contribution in [1.29, 1.82) is 0 Å². The first-order valence-corrected chi connectivity index (χ1v) is 7.48. The molecule has 7 nitrogen and oxygen atoms in total. The first-order chi connectivity index (χ1) is 11.8. The van der Waals surface area contributed by atoms with Crippen molar-refractivity contribution >= 4 is 11.6 Å². The van der Waals surface area contributed by atoms with Crippen molar-refractivity contribution in [1.82, 2.24) is 20.6 Å². The maximum absolute atomic E-state index is 12.7.